The first-order chi connectivity index (χ1) is 10.2. The van der Waals surface area contributed by atoms with Crippen molar-refractivity contribution in [1.82, 2.24) is 0 Å². The van der Waals surface area contributed by atoms with E-state index in [0.717, 1.165) is 18.6 Å². The first kappa shape index (κ1) is 13.5. The van der Waals surface area contributed by atoms with E-state index < -0.39 is 0 Å². The summed E-state index contributed by atoms with van der Waals surface area (Å²) in [5, 5.41) is 14.4. The molecule has 6 nitrogen and oxygen atoms in total. The number of nitrogens with zero attached hydrogens (tertiary/aromatic N) is 2. The number of benzene rings is 1. The summed E-state index contributed by atoms with van der Waals surface area (Å²) in [6, 6.07) is 9.44. The van der Waals surface area contributed by atoms with Crippen LogP contribution in [0.3, 0.4) is 0 Å². The average molecular weight is 287 g/mol. The minimum atomic E-state index is -0.321. The number of hydrogen-bond donors (Lipinski definition) is 1. The summed E-state index contributed by atoms with van der Waals surface area (Å²) in [6.07, 6.45) is 3.74. The SMILES string of the molecule is CNc1cccc(N(Cc2ccco2)C2CC2)c1[N+](=O)[O-]. The second-order valence-electron chi connectivity index (χ2n) is 5.12. The highest BCUT2D eigenvalue weighted by molar-refractivity contribution is 5.77. The van der Waals surface area contributed by atoms with Crippen molar-refractivity contribution in [2.24, 2.45) is 0 Å². The van der Waals surface area contributed by atoms with Crippen molar-refractivity contribution in [1.29, 1.82) is 0 Å². The van der Waals surface area contributed by atoms with Gasteiger partial charge in [0.1, 0.15) is 17.1 Å². The van der Waals surface area contributed by atoms with Gasteiger partial charge in [0.2, 0.25) is 0 Å². The van der Waals surface area contributed by atoms with Crippen LogP contribution in [0.15, 0.2) is 41.0 Å². The zero-order valence-electron chi connectivity index (χ0n) is 11.8. The Morgan fingerprint density at radius 1 is 1.38 bits per heavy atom. The first-order valence-electron chi connectivity index (χ1n) is 6.95. The number of furan rings is 1. The van der Waals surface area contributed by atoms with Gasteiger partial charge in [-0.25, -0.2) is 0 Å². The summed E-state index contributed by atoms with van der Waals surface area (Å²) in [4.78, 5) is 13.2. The third-order valence-electron chi connectivity index (χ3n) is 3.67. The van der Waals surface area contributed by atoms with E-state index in [1.165, 1.54) is 0 Å². The van der Waals surface area contributed by atoms with Crippen LogP contribution in [0, 0.1) is 10.1 Å². The molecule has 0 bridgehead atoms. The lowest BCUT2D eigenvalue weighted by Crippen LogP contribution is -2.25. The predicted molar refractivity (Wildman–Crippen MR) is 80.6 cm³/mol. The molecule has 21 heavy (non-hydrogen) atoms. The molecule has 110 valence electrons. The predicted octanol–water partition coefficient (Wildman–Crippen LogP) is 3.40. The van der Waals surface area contributed by atoms with Crippen molar-refractivity contribution >= 4 is 17.1 Å². The van der Waals surface area contributed by atoms with E-state index in [1.807, 2.05) is 18.2 Å². The molecule has 3 rings (SSSR count). The van der Waals surface area contributed by atoms with Crippen LogP contribution in [0.1, 0.15) is 18.6 Å². The van der Waals surface area contributed by atoms with Crippen LogP contribution in [0.2, 0.25) is 0 Å². The molecule has 0 spiro atoms. The highest BCUT2D eigenvalue weighted by atomic mass is 16.6. The van der Waals surface area contributed by atoms with Crippen molar-refractivity contribution in [3.63, 3.8) is 0 Å². The first-order valence-corrected chi connectivity index (χ1v) is 6.95. The van der Waals surface area contributed by atoms with Crippen molar-refractivity contribution < 1.29 is 9.34 Å². The number of hydrogen-bond acceptors (Lipinski definition) is 5. The maximum atomic E-state index is 11.5. The third-order valence-corrected chi connectivity index (χ3v) is 3.67. The molecule has 0 unspecified atom stereocenters. The number of nitro groups is 1. The molecule has 0 amide bonds. The Morgan fingerprint density at radius 2 is 2.19 bits per heavy atom. The van der Waals surface area contributed by atoms with E-state index in [1.54, 1.807) is 25.4 Å². The van der Waals surface area contributed by atoms with E-state index in [2.05, 4.69) is 10.2 Å². The van der Waals surface area contributed by atoms with Crippen LogP contribution >= 0.6 is 0 Å². The highest BCUT2D eigenvalue weighted by Crippen LogP contribution is 2.41. The number of anilines is 2. The molecule has 0 saturated heterocycles. The van der Waals surface area contributed by atoms with Crippen LogP contribution < -0.4 is 10.2 Å². The summed E-state index contributed by atoms with van der Waals surface area (Å²) >= 11 is 0. The Morgan fingerprint density at radius 3 is 2.76 bits per heavy atom. The lowest BCUT2D eigenvalue weighted by molar-refractivity contribution is -0.383. The minimum Gasteiger partial charge on any atom is -0.467 e. The van der Waals surface area contributed by atoms with Crippen LogP contribution in [-0.4, -0.2) is 18.0 Å². The van der Waals surface area contributed by atoms with Gasteiger partial charge in [-0.1, -0.05) is 6.07 Å². The molecule has 0 aliphatic heterocycles. The van der Waals surface area contributed by atoms with E-state index in [-0.39, 0.29) is 10.6 Å². The van der Waals surface area contributed by atoms with Crippen LogP contribution in [0.5, 0.6) is 0 Å². The third kappa shape index (κ3) is 2.69. The van der Waals surface area contributed by atoms with E-state index in [4.69, 9.17) is 4.42 Å². The summed E-state index contributed by atoms with van der Waals surface area (Å²) in [6.45, 7) is 0.547. The smallest absolute Gasteiger partial charge is 0.315 e. The fourth-order valence-electron chi connectivity index (χ4n) is 2.52. The maximum absolute atomic E-state index is 11.5. The Labute approximate surface area is 122 Å². The van der Waals surface area contributed by atoms with Crippen LogP contribution in [0.4, 0.5) is 17.1 Å². The molecule has 0 atom stereocenters. The van der Waals surface area contributed by atoms with Crippen molar-refractivity contribution in [3.8, 4) is 0 Å². The van der Waals surface area contributed by atoms with E-state index in [0.29, 0.717) is 24.0 Å². The molecule has 1 N–H and O–H groups in total. The molecule has 1 saturated carbocycles. The van der Waals surface area contributed by atoms with E-state index in [9.17, 15) is 10.1 Å². The van der Waals surface area contributed by atoms with Gasteiger partial charge in [-0.3, -0.25) is 10.1 Å². The molecular formula is C15H17N3O3. The van der Waals surface area contributed by atoms with Crippen molar-refractivity contribution in [2.45, 2.75) is 25.4 Å². The number of nitro benzene ring substituents is 1. The van der Waals surface area contributed by atoms with Gasteiger partial charge in [0.15, 0.2) is 0 Å². The topological polar surface area (TPSA) is 71.5 Å². The quantitative estimate of drug-likeness (QED) is 0.651. The molecule has 1 aliphatic rings. The molecule has 0 radical (unpaired) electrons. The average Bonchev–Trinajstić information content (AvgIpc) is 3.20. The second kappa shape index (κ2) is 5.47. The number of para-hydroxylation sites is 1. The monoisotopic (exact) mass is 287 g/mol. The van der Waals surface area contributed by atoms with Gasteiger partial charge in [-0.15, -0.1) is 0 Å². The van der Waals surface area contributed by atoms with Gasteiger partial charge < -0.3 is 14.6 Å². The largest absolute Gasteiger partial charge is 0.467 e. The van der Waals surface area contributed by atoms with E-state index >= 15 is 0 Å². The summed E-state index contributed by atoms with van der Waals surface area (Å²) in [7, 11) is 1.69. The lowest BCUT2D eigenvalue weighted by Gasteiger charge is -2.24. The maximum Gasteiger partial charge on any atom is 0.315 e. The van der Waals surface area contributed by atoms with Gasteiger partial charge in [-0.2, -0.15) is 0 Å². The molecule has 6 heteroatoms. The summed E-state index contributed by atoms with van der Waals surface area (Å²) < 4.78 is 5.39. The number of nitrogens with one attached hydrogen (secondary N) is 1. The fourth-order valence-corrected chi connectivity index (χ4v) is 2.52. The molecule has 1 heterocycles. The van der Waals surface area contributed by atoms with Gasteiger partial charge in [-0.05, 0) is 37.1 Å². The van der Waals surface area contributed by atoms with Crippen molar-refractivity contribution in [2.75, 3.05) is 17.3 Å². The lowest BCUT2D eigenvalue weighted by atomic mass is 10.2. The molecular weight excluding hydrogens is 270 g/mol. The van der Waals surface area contributed by atoms with Crippen LogP contribution in [-0.2, 0) is 6.54 Å². The van der Waals surface area contributed by atoms with Crippen LogP contribution in [0.25, 0.3) is 0 Å². The van der Waals surface area contributed by atoms with Gasteiger partial charge in [0.25, 0.3) is 0 Å². The molecule has 1 aromatic carbocycles. The highest BCUT2D eigenvalue weighted by Gasteiger charge is 2.34. The second-order valence-corrected chi connectivity index (χ2v) is 5.12. The fraction of sp³-hybridized carbons (Fsp3) is 0.333. The molecule has 1 aliphatic carbocycles. The zero-order chi connectivity index (χ0) is 14.8. The summed E-state index contributed by atoms with van der Waals surface area (Å²) in [5.74, 6) is 0.811. The van der Waals surface area contributed by atoms with Gasteiger partial charge >= 0.3 is 5.69 Å². The molecule has 1 fully saturated rings. The Bertz CT molecular complexity index is 636. The van der Waals surface area contributed by atoms with Gasteiger partial charge in [0, 0.05) is 13.1 Å². The summed E-state index contributed by atoms with van der Waals surface area (Å²) in [5.41, 5.74) is 1.30. The Kier molecular flexibility index (Phi) is 3.51. The molecule has 2 aromatic rings. The van der Waals surface area contributed by atoms with Gasteiger partial charge in [0.05, 0.1) is 17.7 Å². The Hall–Kier alpha value is -2.50. The van der Waals surface area contributed by atoms with Crippen molar-refractivity contribution in [3.05, 3.63) is 52.5 Å². The standard InChI is InChI=1S/C15H17N3O3/c1-16-13-5-2-6-14(15(13)18(19)20)17(11-7-8-11)10-12-4-3-9-21-12/h2-6,9,11,16H,7-8,10H2,1H3. The zero-order valence-corrected chi connectivity index (χ0v) is 11.8. The molecule has 1 aromatic heterocycles. The normalized spacial score (nSPS) is 14.0. The Balaban J connectivity index is 2.01. The minimum absolute atomic E-state index is 0.124. The number of rotatable bonds is 6.